The van der Waals surface area contributed by atoms with Gasteiger partial charge in [0.15, 0.2) is 0 Å². The van der Waals surface area contributed by atoms with Crippen molar-refractivity contribution in [2.45, 2.75) is 18.9 Å². The van der Waals surface area contributed by atoms with Gasteiger partial charge in [-0.3, -0.25) is 9.69 Å². The number of hydrogen-bond donors (Lipinski definition) is 1. The van der Waals surface area contributed by atoms with Crippen molar-refractivity contribution in [1.82, 2.24) is 10.1 Å². The summed E-state index contributed by atoms with van der Waals surface area (Å²) in [6, 6.07) is 14.0. The molecule has 2 aromatic carbocycles. The summed E-state index contributed by atoms with van der Waals surface area (Å²) >= 11 is 6.36. The Morgan fingerprint density at radius 1 is 1.27 bits per heavy atom. The van der Waals surface area contributed by atoms with Gasteiger partial charge in [-0.05, 0) is 50.3 Å². The van der Waals surface area contributed by atoms with Crippen LogP contribution in [0.1, 0.15) is 16.9 Å². The second kappa shape index (κ2) is 10.9. The molecule has 0 aliphatic rings. The van der Waals surface area contributed by atoms with Crippen LogP contribution in [-0.4, -0.2) is 55.0 Å². The number of rotatable bonds is 10. The summed E-state index contributed by atoms with van der Waals surface area (Å²) in [6.45, 7) is 0.364. The topological polar surface area (TPSA) is 109 Å². The summed E-state index contributed by atoms with van der Waals surface area (Å²) in [5.74, 6) is 0.829. The molecule has 9 heteroatoms. The van der Waals surface area contributed by atoms with Crippen LogP contribution in [0.2, 0.25) is 5.02 Å². The first-order chi connectivity index (χ1) is 15.8. The number of ether oxygens (including phenoxy) is 2. The fourth-order valence-corrected chi connectivity index (χ4v) is 3.59. The van der Waals surface area contributed by atoms with Gasteiger partial charge in [-0.15, -0.1) is 0 Å². The van der Waals surface area contributed by atoms with Gasteiger partial charge in [-0.1, -0.05) is 28.9 Å². The number of aliphatic carboxylic acids is 1. The summed E-state index contributed by atoms with van der Waals surface area (Å²) in [7, 11) is 4.97. The van der Waals surface area contributed by atoms with E-state index in [4.69, 9.17) is 25.6 Å². The molecular formula is C24H24ClN3O5. The van der Waals surface area contributed by atoms with Crippen LogP contribution in [0.15, 0.2) is 47.0 Å². The van der Waals surface area contributed by atoms with Gasteiger partial charge in [0, 0.05) is 18.1 Å². The molecule has 1 N–H and O–H groups in total. The van der Waals surface area contributed by atoms with E-state index in [1.807, 2.05) is 30.3 Å². The lowest BCUT2D eigenvalue weighted by Gasteiger charge is -2.20. The zero-order valence-corrected chi connectivity index (χ0v) is 19.3. The van der Waals surface area contributed by atoms with Crippen molar-refractivity contribution in [3.8, 4) is 28.8 Å². The van der Waals surface area contributed by atoms with Crippen molar-refractivity contribution < 1.29 is 23.9 Å². The fourth-order valence-electron chi connectivity index (χ4n) is 3.29. The van der Waals surface area contributed by atoms with E-state index in [-0.39, 0.29) is 10.6 Å². The van der Waals surface area contributed by atoms with E-state index in [9.17, 15) is 15.2 Å². The Morgan fingerprint density at radius 3 is 2.61 bits per heavy atom. The van der Waals surface area contributed by atoms with Crippen LogP contribution in [0.5, 0.6) is 11.5 Å². The van der Waals surface area contributed by atoms with Gasteiger partial charge in [0.25, 0.3) is 0 Å². The van der Waals surface area contributed by atoms with Crippen LogP contribution < -0.4 is 9.47 Å². The third kappa shape index (κ3) is 5.83. The van der Waals surface area contributed by atoms with Gasteiger partial charge in [-0.2, -0.15) is 5.26 Å². The first-order valence-electron chi connectivity index (χ1n) is 10.2. The second-order valence-corrected chi connectivity index (χ2v) is 7.94. The summed E-state index contributed by atoms with van der Waals surface area (Å²) in [5, 5.41) is 23.0. The van der Waals surface area contributed by atoms with E-state index < -0.39 is 12.0 Å². The number of halogens is 1. The van der Waals surface area contributed by atoms with Crippen LogP contribution in [0, 0.1) is 11.3 Å². The van der Waals surface area contributed by atoms with Crippen molar-refractivity contribution >= 4 is 17.6 Å². The number of nitriles is 1. The highest BCUT2D eigenvalue weighted by molar-refractivity contribution is 6.34. The molecule has 0 amide bonds. The molecule has 0 saturated heterocycles. The van der Waals surface area contributed by atoms with Crippen LogP contribution in [-0.2, 0) is 17.6 Å². The number of carboxylic acid groups (broad SMARTS) is 1. The largest absolute Gasteiger partial charge is 0.495 e. The van der Waals surface area contributed by atoms with Crippen molar-refractivity contribution in [2.75, 3.05) is 27.8 Å². The van der Waals surface area contributed by atoms with Gasteiger partial charge in [0.1, 0.15) is 40.6 Å². The number of nitrogens with zero attached hydrogens (tertiary/aromatic N) is 3. The zero-order valence-electron chi connectivity index (χ0n) is 18.5. The lowest BCUT2D eigenvalue weighted by atomic mass is 10.1. The smallest absolute Gasteiger partial charge is 0.321 e. The molecule has 172 valence electrons. The van der Waals surface area contributed by atoms with Gasteiger partial charge in [0.05, 0.1) is 18.7 Å². The zero-order chi connectivity index (χ0) is 24.0. The highest BCUT2D eigenvalue weighted by Gasteiger charge is 2.20. The van der Waals surface area contributed by atoms with Crippen LogP contribution in [0.25, 0.3) is 11.3 Å². The minimum absolute atomic E-state index is 0.244. The summed E-state index contributed by atoms with van der Waals surface area (Å²) in [4.78, 5) is 13.0. The number of likely N-dealkylation sites (N-methyl/N-ethyl adjacent to an activating group) is 1. The summed E-state index contributed by atoms with van der Waals surface area (Å²) < 4.78 is 16.3. The van der Waals surface area contributed by atoms with E-state index in [2.05, 4.69) is 5.16 Å². The average Bonchev–Trinajstić information content (AvgIpc) is 3.26. The molecule has 0 spiro atoms. The monoisotopic (exact) mass is 469 g/mol. The van der Waals surface area contributed by atoms with Crippen molar-refractivity contribution in [3.05, 3.63) is 64.4 Å². The first kappa shape index (κ1) is 24.1. The Balaban J connectivity index is 1.59. The summed E-state index contributed by atoms with van der Waals surface area (Å²) in [6.07, 6.45) is 0.889. The highest BCUT2D eigenvalue weighted by Crippen LogP contribution is 2.35. The Kier molecular flexibility index (Phi) is 7.93. The van der Waals surface area contributed by atoms with Gasteiger partial charge >= 0.3 is 5.97 Å². The SMILES string of the molecule is COc1ccc(-c2cc(CCOc3ccc(C[C@@H](C(=O)O)N(C)C)cc3)on2)c(Cl)c1C#N. The van der Waals surface area contributed by atoms with E-state index >= 15 is 0 Å². The second-order valence-electron chi connectivity index (χ2n) is 7.56. The van der Waals surface area contributed by atoms with Gasteiger partial charge < -0.3 is 19.1 Å². The molecule has 3 rings (SSSR count). The lowest BCUT2D eigenvalue weighted by Crippen LogP contribution is -2.37. The number of benzene rings is 2. The molecule has 0 bridgehead atoms. The Morgan fingerprint density at radius 2 is 2.00 bits per heavy atom. The maximum atomic E-state index is 11.4. The fraction of sp³-hybridized carbons (Fsp3) is 0.292. The minimum atomic E-state index is -0.855. The third-order valence-corrected chi connectivity index (χ3v) is 5.54. The molecule has 3 aromatic rings. The molecule has 0 fully saturated rings. The number of methoxy groups -OCH3 is 1. The maximum Gasteiger partial charge on any atom is 0.321 e. The minimum Gasteiger partial charge on any atom is -0.495 e. The number of aromatic nitrogens is 1. The molecular weight excluding hydrogens is 446 g/mol. The van der Waals surface area contributed by atoms with Crippen LogP contribution in [0.4, 0.5) is 0 Å². The van der Waals surface area contributed by atoms with E-state index in [1.165, 1.54) is 7.11 Å². The molecule has 8 nitrogen and oxygen atoms in total. The quantitative estimate of drug-likeness (QED) is 0.473. The van der Waals surface area contributed by atoms with E-state index in [0.717, 1.165) is 5.56 Å². The molecule has 0 aliphatic heterocycles. The highest BCUT2D eigenvalue weighted by atomic mass is 35.5. The lowest BCUT2D eigenvalue weighted by molar-refractivity contribution is -0.142. The molecule has 33 heavy (non-hydrogen) atoms. The Labute approximate surface area is 196 Å². The predicted octanol–water partition coefficient (Wildman–Crippen LogP) is 4.05. The predicted molar refractivity (Wildman–Crippen MR) is 123 cm³/mol. The van der Waals surface area contributed by atoms with Gasteiger partial charge in [0.2, 0.25) is 0 Å². The normalized spacial score (nSPS) is 11.8. The van der Waals surface area contributed by atoms with E-state index in [0.29, 0.717) is 48.0 Å². The third-order valence-electron chi connectivity index (χ3n) is 5.15. The molecule has 0 radical (unpaired) electrons. The van der Waals surface area contributed by atoms with Crippen molar-refractivity contribution in [3.63, 3.8) is 0 Å². The van der Waals surface area contributed by atoms with E-state index in [1.54, 1.807) is 37.2 Å². The van der Waals surface area contributed by atoms with Crippen LogP contribution in [0.3, 0.4) is 0 Å². The Bertz CT molecular complexity index is 1150. The molecule has 0 unspecified atom stereocenters. The average molecular weight is 470 g/mol. The standard InChI is InChI=1S/C24H24ClN3O5/c1-28(2)21(24(29)30)12-15-4-6-16(7-5-15)32-11-10-17-13-20(27-33-17)18-8-9-22(31-3)19(14-26)23(18)25/h4-9,13,21H,10-12H2,1-3H3,(H,29,30)/t21-/m0/s1. The van der Waals surface area contributed by atoms with Crippen molar-refractivity contribution in [2.24, 2.45) is 0 Å². The van der Waals surface area contributed by atoms with Crippen LogP contribution >= 0.6 is 11.6 Å². The number of carbonyl (C=O) groups is 1. The molecule has 1 atom stereocenters. The molecule has 0 saturated carbocycles. The number of carboxylic acids is 1. The number of hydrogen-bond acceptors (Lipinski definition) is 7. The van der Waals surface area contributed by atoms with Crippen molar-refractivity contribution in [1.29, 1.82) is 5.26 Å². The Hall–Kier alpha value is -3.54. The molecule has 0 aliphatic carbocycles. The molecule has 1 aromatic heterocycles. The summed E-state index contributed by atoms with van der Waals surface area (Å²) in [5.41, 5.74) is 2.26. The van der Waals surface area contributed by atoms with Gasteiger partial charge in [-0.25, -0.2) is 0 Å². The first-order valence-corrected chi connectivity index (χ1v) is 10.5. The molecule has 1 heterocycles. The maximum absolute atomic E-state index is 11.4.